The first kappa shape index (κ1) is 8.55. The number of furan rings is 1. The molecule has 2 heterocycles. The summed E-state index contributed by atoms with van der Waals surface area (Å²) in [6.07, 6.45) is 3.05. The van der Waals surface area contributed by atoms with Gasteiger partial charge < -0.3 is 15.5 Å². The highest BCUT2D eigenvalue weighted by molar-refractivity contribution is 5.43. The summed E-state index contributed by atoms with van der Waals surface area (Å²) >= 11 is 0. The van der Waals surface area contributed by atoms with Crippen LogP contribution in [0.2, 0.25) is 0 Å². The molecule has 0 bridgehead atoms. The van der Waals surface area contributed by atoms with Gasteiger partial charge in [-0.1, -0.05) is 0 Å². The summed E-state index contributed by atoms with van der Waals surface area (Å²) in [5.74, 6) is 1.98. The number of hydrogen-bond acceptors (Lipinski definition) is 5. The van der Waals surface area contributed by atoms with Crippen LogP contribution >= 0.6 is 0 Å². The Bertz CT molecular complexity index is 399. The summed E-state index contributed by atoms with van der Waals surface area (Å²) in [7, 11) is 0. The largest absolute Gasteiger partial charge is 0.467 e. The molecule has 2 rings (SSSR count). The van der Waals surface area contributed by atoms with Gasteiger partial charge in [-0.25, -0.2) is 9.97 Å². The van der Waals surface area contributed by atoms with Crippen LogP contribution in [0.25, 0.3) is 0 Å². The number of hydrogen-bond donors (Lipinski definition) is 2. The molecule has 0 aromatic carbocycles. The van der Waals surface area contributed by atoms with E-state index in [0.29, 0.717) is 18.2 Å². The molecule has 0 radical (unpaired) electrons. The minimum Gasteiger partial charge on any atom is -0.467 e. The number of aromatic nitrogens is 2. The molecular weight excluding hydrogens is 180 g/mol. The lowest BCUT2D eigenvalue weighted by Crippen LogP contribution is -2.01. The third-order valence-corrected chi connectivity index (χ3v) is 1.71. The van der Waals surface area contributed by atoms with E-state index in [1.54, 1.807) is 12.3 Å². The van der Waals surface area contributed by atoms with Crippen molar-refractivity contribution in [1.29, 1.82) is 0 Å². The smallest absolute Gasteiger partial charge is 0.131 e. The fourth-order valence-electron chi connectivity index (χ4n) is 1.06. The van der Waals surface area contributed by atoms with Gasteiger partial charge in [0.05, 0.1) is 12.8 Å². The molecule has 3 N–H and O–H groups in total. The van der Waals surface area contributed by atoms with E-state index in [4.69, 9.17) is 10.2 Å². The molecule has 0 saturated heterocycles. The second-order valence-electron chi connectivity index (χ2n) is 2.76. The zero-order chi connectivity index (χ0) is 9.80. The van der Waals surface area contributed by atoms with Gasteiger partial charge in [0.2, 0.25) is 0 Å². The quantitative estimate of drug-likeness (QED) is 0.762. The molecule has 0 atom stereocenters. The maximum atomic E-state index is 5.49. The third kappa shape index (κ3) is 2.01. The van der Waals surface area contributed by atoms with E-state index in [9.17, 15) is 0 Å². The number of nitrogen functional groups attached to an aromatic ring is 1. The number of nitrogens with one attached hydrogen (secondary N) is 1. The average molecular weight is 190 g/mol. The Balaban J connectivity index is 1.98. The molecule has 5 nitrogen and oxygen atoms in total. The molecule has 0 aliphatic heterocycles. The van der Waals surface area contributed by atoms with Crippen LogP contribution in [0.15, 0.2) is 35.2 Å². The number of anilines is 2. The van der Waals surface area contributed by atoms with Crippen molar-refractivity contribution in [3.8, 4) is 0 Å². The van der Waals surface area contributed by atoms with Gasteiger partial charge in [0.15, 0.2) is 0 Å². The minimum atomic E-state index is 0.446. The molecule has 0 aliphatic rings. The van der Waals surface area contributed by atoms with Crippen LogP contribution in [-0.2, 0) is 6.54 Å². The first-order chi connectivity index (χ1) is 6.84. The van der Waals surface area contributed by atoms with E-state index in [-0.39, 0.29) is 0 Å². The van der Waals surface area contributed by atoms with Crippen molar-refractivity contribution in [3.63, 3.8) is 0 Å². The Morgan fingerprint density at radius 1 is 1.43 bits per heavy atom. The maximum absolute atomic E-state index is 5.49. The van der Waals surface area contributed by atoms with E-state index in [2.05, 4.69) is 15.3 Å². The normalized spacial score (nSPS) is 10.0. The van der Waals surface area contributed by atoms with E-state index in [1.165, 1.54) is 6.33 Å². The Labute approximate surface area is 81.0 Å². The van der Waals surface area contributed by atoms with Gasteiger partial charge in [0, 0.05) is 6.07 Å². The van der Waals surface area contributed by atoms with Crippen LogP contribution in [0.5, 0.6) is 0 Å². The van der Waals surface area contributed by atoms with Crippen LogP contribution < -0.4 is 11.1 Å². The van der Waals surface area contributed by atoms with Crippen molar-refractivity contribution in [3.05, 3.63) is 36.5 Å². The summed E-state index contributed by atoms with van der Waals surface area (Å²) in [4.78, 5) is 7.78. The molecule has 0 spiro atoms. The zero-order valence-corrected chi connectivity index (χ0v) is 7.47. The highest BCUT2D eigenvalue weighted by Gasteiger charge is 1.97. The molecule has 0 fully saturated rings. The number of nitrogens with two attached hydrogens (primary N) is 1. The topological polar surface area (TPSA) is 77.0 Å². The molecule has 0 unspecified atom stereocenters. The van der Waals surface area contributed by atoms with Gasteiger partial charge in [-0.05, 0) is 12.1 Å². The predicted molar refractivity (Wildman–Crippen MR) is 52.5 cm³/mol. The third-order valence-electron chi connectivity index (χ3n) is 1.71. The molecule has 2 aromatic heterocycles. The van der Waals surface area contributed by atoms with Crippen molar-refractivity contribution in [2.24, 2.45) is 0 Å². The molecule has 5 heteroatoms. The lowest BCUT2D eigenvalue weighted by Gasteiger charge is -2.02. The van der Waals surface area contributed by atoms with Crippen molar-refractivity contribution in [2.45, 2.75) is 6.54 Å². The Morgan fingerprint density at radius 3 is 3.07 bits per heavy atom. The first-order valence-electron chi connectivity index (χ1n) is 4.18. The Kier molecular flexibility index (Phi) is 2.31. The average Bonchev–Trinajstić information content (AvgIpc) is 2.67. The summed E-state index contributed by atoms with van der Waals surface area (Å²) in [6, 6.07) is 5.39. The monoisotopic (exact) mass is 190 g/mol. The molecule has 72 valence electrons. The summed E-state index contributed by atoms with van der Waals surface area (Å²) in [5, 5.41) is 3.06. The molecule has 0 saturated carbocycles. The minimum absolute atomic E-state index is 0.446. The van der Waals surface area contributed by atoms with Gasteiger partial charge in [0.25, 0.3) is 0 Å². The van der Waals surface area contributed by atoms with Crippen LogP contribution in [0.4, 0.5) is 11.6 Å². The second-order valence-corrected chi connectivity index (χ2v) is 2.76. The summed E-state index contributed by atoms with van der Waals surface area (Å²) in [6.45, 7) is 0.587. The van der Waals surface area contributed by atoms with Crippen molar-refractivity contribution < 1.29 is 4.42 Å². The summed E-state index contributed by atoms with van der Waals surface area (Å²) in [5.41, 5.74) is 5.49. The van der Waals surface area contributed by atoms with Crippen LogP contribution in [0, 0.1) is 0 Å². The van der Waals surface area contributed by atoms with Crippen molar-refractivity contribution >= 4 is 11.6 Å². The van der Waals surface area contributed by atoms with Gasteiger partial charge >= 0.3 is 0 Å². The lowest BCUT2D eigenvalue weighted by molar-refractivity contribution is 0.518. The number of nitrogens with zero attached hydrogens (tertiary/aromatic N) is 2. The lowest BCUT2D eigenvalue weighted by atomic mass is 10.4. The Hall–Kier alpha value is -2.04. The Morgan fingerprint density at radius 2 is 2.36 bits per heavy atom. The molecular formula is C9H10N4O. The SMILES string of the molecule is Nc1cc(NCc2ccco2)ncn1. The molecule has 0 amide bonds. The van der Waals surface area contributed by atoms with Gasteiger partial charge in [-0.15, -0.1) is 0 Å². The standard InChI is InChI=1S/C9H10N4O/c10-8-4-9(13-6-12-8)11-5-7-2-1-3-14-7/h1-4,6H,5H2,(H3,10,11,12,13). The first-order valence-corrected chi connectivity index (χ1v) is 4.18. The van der Waals surface area contributed by atoms with Crippen molar-refractivity contribution in [2.75, 3.05) is 11.1 Å². The van der Waals surface area contributed by atoms with E-state index < -0.39 is 0 Å². The van der Waals surface area contributed by atoms with Crippen molar-refractivity contribution in [1.82, 2.24) is 9.97 Å². The van der Waals surface area contributed by atoms with Crippen LogP contribution in [0.1, 0.15) is 5.76 Å². The zero-order valence-electron chi connectivity index (χ0n) is 7.47. The fraction of sp³-hybridized carbons (Fsp3) is 0.111. The maximum Gasteiger partial charge on any atom is 0.131 e. The van der Waals surface area contributed by atoms with Gasteiger partial charge in [0.1, 0.15) is 23.7 Å². The molecule has 2 aromatic rings. The highest BCUT2D eigenvalue weighted by Crippen LogP contribution is 2.07. The van der Waals surface area contributed by atoms with E-state index >= 15 is 0 Å². The van der Waals surface area contributed by atoms with Gasteiger partial charge in [-0.2, -0.15) is 0 Å². The second kappa shape index (κ2) is 3.78. The predicted octanol–water partition coefficient (Wildman–Crippen LogP) is 1.26. The van der Waals surface area contributed by atoms with Gasteiger partial charge in [-0.3, -0.25) is 0 Å². The van der Waals surface area contributed by atoms with Crippen LogP contribution in [0.3, 0.4) is 0 Å². The molecule has 14 heavy (non-hydrogen) atoms. The van der Waals surface area contributed by atoms with E-state index in [1.807, 2.05) is 12.1 Å². The molecule has 0 aliphatic carbocycles. The highest BCUT2D eigenvalue weighted by atomic mass is 16.3. The van der Waals surface area contributed by atoms with Crippen LogP contribution in [-0.4, -0.2) is 9.97 Å². The fourth-order valence-corrected chi connectivity index (χ4v) is 1.06. The number of rotatable bonds is 3. The summed E-state index contributed by atoms with van der Waals surface area (Å²) < 4.78 is 5.15. The van der Waals surface area contributed by atoms with E-state index in [0.717, 1.165) is 5.76 Å².